The summed E-state index contributed by atoms with van der Waals surface area (Å²) in [5, 5.41) is 11.4. The van der Waals surface area contributed by atoms with Gasteiger partial charge in [-0.25, -0.2) is 9.78 Å². The van der Waals surface area contributed by atoms with Crippen LogP contribution in [0, 0.1) is 6.92 Å². The van der Waals surface area contributed by atoms with Crippen molar-refractivity contribution in [2.75, 3.05) is 0 Å². The molecule has 1 atom stereocenters. The van der Waals surface area contributed by atoms with Crippen molar-refractivity contribution in [2.24, 2.45) is 0 Å². The summed E-state index contributed by atoms with van der Waals surface area (Å²) in [6, 6.07) is 4.20. The van der Waals surface area contributed by atoms with E-state index < -0.39 is 17.9 Å². The number of carbonyl (C=O) groups excluding carboxylic acids is 1. The van der Waals surface area contributed by atoms with E-state index in [1.807, 2.05) is 6.92 Å². The molecular weight excluding hydrogens is 220 g/mol. The summed E-state index contributed by atoms with van der Waals surface area (Å²) in [4.78, 5) is 26.7. The summed E-state index contributed by atoms with van der Waals surface area (Å²) in [5.41, 5.74) is 0.965. The molecule has 0 saturated heterocycles. The number of pyridine rings is 1. The van der Waals surface area contributed by atoms with Gasteiger partial charge in [0.1, 0.15) is 11.7 Å². The predicted octanol–water partition coefficient (Wildman–Crippen LogP) is 1.37. The van der Waals surface area contributed by atoms with Gasteiger partial charge in [0.15, 0.2) is 0 Å². The molecular formula is C12H16N2O3. The molecule has 0 aliphatic rings. The quantitative estimate of drug-likeness (QED) is 0.809. The molecule has 0 radical (unpaired) electrons. The fourth-order valence-electron chi connectivity index (χ4n) is 1.45. The first kappa shape index (κ1) is 13.2. The number of carboxylic acids is 1. The van der Waals surface area contributed by atoms with Gasteiger partial charge in [0.25, 0.3) is 5.91 Å². The van der Waals surface area contributed by atoms with Crippen LogP contribution in [0.4, 0.5) is 0 Å². The number of aryl methyl sites for hydroxylation is 1. The molecule has 0 spiro atoms. The molecule has 1 unspecified atom stereocenters. The monoisotopic (exact) mass is 236 g/mol. The molecule has 0 fully saturated rings. The molecule has 1 aromatic heterocycles. The number of nitrogens with one attached hydrogen (secondary N) is 1. The molecule has 2 N–H and O–H groups in total. The zero-order valence-electron chi connectivity index (χ0n) is 9.93. The van der Waals surface area contributed by atoms with Gasteiger partial charge in [-0.15, -0.1) is 0 Å². The number of nitrogens with zero attached hydrogens (tertiary/aromatic N) is 1. The Kier molecular flexibility index (Phi) is 4.63. The lowest BCUT2D eigenvalue weighted by atomic mass is 10.1. The first-order valence-corrected chi connectivity index (χ1v) is 5.52. The van der Waals surface area contributed by atoms with Crippen molar-refractivity contribution < 1.29 is 14.7 Å². The van der Waals surface area contributed by atoms with Gasteiger partial charge < -0.3 is 10.4 Å². The zero-order valence-corrected chi connectivity index (χ0v) is 9.93. The number of hydrogen-bond acceptors (Lipinski definition) is 3. The lowest BCUT2D eigenvalue weighted by Crippen LogP contribution is -2.41. The standard InChI is InChI=1S/C12H16N2O3/c1-3-5-10(12(16)17)14-11(15)9-7-4-6-8(2)13-9/h4,6-7,10H,3,5H2,1-2H3,(H,14,15)(H,16,17). The third kappa shape index (κ3) is 3.86. The summed E-state index contributed by atoms with van der Waals surface area (Å²) in [6.45, 7) is 3.64. The van der Waals surface area contributed by atoms with Crippen molar-refractivity contribution in [1.82, 2.24) is 10.3 Å². The summed E-state index contributed by atoms with van der Waals surface area (Å²) in [6.07, 6.45) is 1.10. The molecule has 0 aliphatic carbocycles. The lowest BCUT2D eigenvalue weighted by molar-refractivity contribution is -0.139. The van der Waals surface area contributed by atoms with Gasteiger partial charge in [-0.2, -0.15) is 0 Å². The summed E-state index contributed by atoms with van der Waals surface area (Å²) >= 11 is 0. The molecule has 1 heterocycles. The van der Waals surface area contributed by atoms with Gasteiger partial charge in [0.05, 0.1) is 0 Å². The molecule has 5 nitrogen and oxygen atoms in total. The van der Waals surface area contributed by atoms with E-state index in [1.165, 1.54) is 0 Å². The molecule has 17 heavy (non-hydrogen) atoms. The van der Waals surface area contributed by atoms with E-state index >= 15 is 0 Å². The number of hydrogen-bond donors (Lipinski definition) is 2. The first-order chi connectivity index (χ1) is 8.04. The van der Waals surface area contributed by atoms with Crippen LogP contribution in [0.3, 0.4) is 0 Å². The van der Waals surface area contributed by atoms with Gasteiger partial charge in [-0.1, -0.05) is 19.4 Å². The number of amides is 1. The van der Waals surface area contributed by atoms with E-state index in [4.69, 9.17) is 5.11 Å². The summed E-state index contributed by atoms with van der Waals surface area (Å²) < 4.78 is 0. The van der Waals surface area contributed by atoms with Crippen molar-refractivity contribution in [3.63, 3.8) is 0 Å². The second kappa shape index (κ2) is 5.98. The van der Waals surface area contributed by atoms with E-state index in [9.17, 15) is 9.59 Å². The Bertz CT molecular complexity index is 418. The van der Waals surface area contributed by atoms with Crippen molar-refractivity contribution in [3.8, 4) is 0 Å². The van der Waals surface area contributed by atoms with Gasteiger partial charge in [-0.05, 0) is 25.5 Å². The molecule has 5 heteroatoms. The van der Waals surface area contributed by atoms with E-state index in [0.29, 0.717) is 12.8 Å². The zero-order chi connectivity index (χ0) is 12.8. The lowest BCUT2D eigenvalue weighted by Gasteiger charge is -2.13. The third-order valence-corrected chi connectivity index (χ3v) is 2.30. The summed E-state index contributed by atoms with van der Waals surface area (Å²) in [5.74, 6) is -1.47. The number of carbonyl (C=O) groups is 2. The molecule has 1 aromatic rings. The number of aromatic nitrogens is 1. The molecule has 0 aromatic carbocycles. The van der Waals surface area contributed by atoms with Crippen molar-refractivity contribution in [1.29, 1.82) is 0 Å². The highest BCUT2D eigenvalue weighted by molar-refractivity contribution is 5.94. The smallest absolute Gasteiger partial charge is 0.326 e. The Hall–Kier alpha value is -1.91. The largest absolute Gasteiger partial charge is 0.480 e. The van der Waals surface area contributed by atoms with Gasteiger partial charge in [0, 0.05) is 5.69 Å². The van der Waals surface area contributed by atoms with Crippen LogP contribution in [0.1, 0.15) is 35.9 Å². The SMILES string of the molecule is CCCC(NC(=O)c1cccc(C)n1)C(=O)O. The Morgan fingerprint density at radius 3 is 2.71 bits per heavy atom. The van der Waals surface area contributed by atoms with Crippen LogP contribution in [0.2, 0.25) is 0 Å². The highest BCUT2D eigenvalue weighted by Gasteiger charge is 2.20. The van der Waals surface area contributed by atoms with Crippen molar-refractivity contribution in [2.45, 2.75) is 32.7 Å². The van der Waals surface area contributed by atoms with E-state index in [2.05, 4.69) is 10.3 Å². The highest BCUT2D eigenvalue weighted by Crippen LogP contribution is 2.01. The van der Waals surface area contributed by atoms with Crippen LogP contribution in [-0.2, 0) is 4.79 Å². The van der Waals surface area contributed by atoms with Crippen LogP contribution in [0.25, 0.3) is 0 Å². The summed E-state index contributed by atoms with van der Waals surface area (Å²) in [7, 11) is 0. The van der Waals surface area contributed by atoms with Crippen molar-refractivity contribution >= 4 is 11.9 Å². The maximum Gasteiger partial charge on any atom is 0.326 e. The number of rotatable bonds is 5. The Labute approximate surface area is 99.9 Å². The number of carboxylic acid groups (broad SMARTS) is 1. The maximum atomic E-state index is 11.7. The predicted molar refractivity (Wildman–Crippen MR) is 62.8 cm³/mol. The fourth-order valence-corrected chi connectivity index (χ4v) is 1.45. The Balaban J connectivity index is 2.73. The molecule has 1 rings (SSSR count). The minimum absolute atomic E-state index is 0.243. The highest BCUT2D eigenvalue weighted by atomic mass is 16.4. The van der Waals surface area contributed by atoms with Gasteiger partial charge in [0.2, 0.25) is 0 Å². The fraction of sp³-hybridized carbons (Fsp3) is 0.417. The Morgan fingerprint density at radius 2 is 2.18 bits per heavy atom. The van der Waals surface area contributed by atoms with Crippen LogP contribution in [0.5, 0.6) is 0 Å². The van der Waals surface area contributed by atoms with Gasteiger partial charge >= 0.3 is 5.97 Å². The molecule has 1 amide bonds. The minimum atomic E-state index is -1.02. The van der Waals surface area contributed by atoms with E-state index in [0.717, 1.165) is 5.69 Å². The Morgan fingerprint density at radius 1 is 1.47 bits per heavy atom. The molecule has 92 valence electrons. The second-order valence-electron chi connectivity index (χ2n) is 3.82. The normalized spacial score (nSPS) is 11.9. The van der Waals surface area contributed by atoms with Crippen molar-refractivity contribution in [3.05, 3.63) is 29.6 Å². The second-order valence-corrected chi connectivity index (χ2v) is 3.82. The average Bonchev–Trinajstić information content (AvgIpc) is 2.28. The average molecular weight is 236 g/mol. The maximum absolute atomic E-state index is 11.7. The molecule has 0 bridgehead atoms. The molecule has 0 aliphatic heterocycles. The minimum Gasteiger partial charge on any atom is -0.480 e. The van der Waals surface area contributed by atoms with E-state index in [1.54, 1.807) is 25.1 Å². The van der Waals surface area contributed by atoms with Crippen LogP contribution in [-0.4, -0.2) is 28.0 Å². The van der Waals surface area contributed by atoms with Crippen LogP contribution >= 0.6 is 0 Å². The number of aliphatic carboxylic acids is 1. The van der Waals surface area contributed by atoms with Crippen LogP contribution < -0.4 is 5.32 Å². The topological polar surface area (TPSA) is 79.3 Å². The molecule has 0 saturated carbocycles. The van der Waals surface area contributed by atoms with E-state index in [-0.39, 0.29) is 5.69 Å². The third-order valence-electron chi connectivity index (χ3n) is 2.30. The van der Waals surface area contributed by atoms with Gasteiger partial charge in [-0.3, -0.25) is 4.79 Å². The first-order valence-electron chi connectivity index (χ1n) is 5.52. The van der Waals surface area contributed by atoms with Crippen LogP contribution in [0.15, 0.2) is 18.2 Å².